The summed E-state index contributed by atoms with van der Waals surface area (Å²) < 4.78 is 5.50. The molecular formula is C13H22N2O3. The van der Waals surface area contributed by atoms with Crippen molar-refractivity contribution in [1.82, 2.24) is 4.90 Å². The number of likely N-dealkylation sites (tertiary alicyclic amines) is 1. The van der Waals surface area contributed by atoms with Gasteiger partial charge in [-0.2, -0.15) is 0 Å². The van der Waals surface area contributed by atoms with Crippen molar-refractivity contribution in [1.29, 1.82) is 0 Å². The first-order valence-electron chi connectivity index (χ1n) is 6.77. The third kappa shape index (κ3) is 2.83. The lowest BCUT2D eigenvalue weighted by molar-refractivity contribution is -0.149. The molecule has 0 aromatic rings. The van der Waals surface area contributed by atoms with Crippen LogP contribution in [0.25, 0.3) is 0 Å². The molecule has 2 aliphatic heterocycles. The molecule has 2 aliphatic rings. The number of amides is 2. The third-order valence-electron chi connectivity index (χ3n) is 4.08. The maximum absolute atomic E-state index is 11.9. The van der Waals surface area contributed by atoms with E-state index >= 15 is 0 Å². The second kappa shape index (κ2) is 5.69. The highest BCUT2D eigenvalue weighted by Crippen LogP contribution is 2.30. The molecule has 18 heavy (non-hydrogen) atoms. The Balaban J connectivity index is 2.09. The topological polar surface area (TPSA) is 72.6 Å². The lowest BCUT2D eigenvalue weighted by Crippen LogP contribution is -2.54. The van der Waals surface area contributed by atoms with Crippen LogP contribution in [0.15, 0.2) is 0 Å². The van der Waals surface area contributed by atoms with Crippen LogP contribution in [-0.4, -0.2) is 42.5 Å². The van der Waals surface area contributed by atoms with Gasteiger partial charge in [0.1, 0.15) is 0 Å². The molecule has 2 amide bonds. The molecule has 0 bridgehead atoms. The maximum atomic E-state index is 11.9. The number of carbonyl (C=O) groups is 2. The van der Waals surface area contributed by atoms with Gasteiger partial charge in [-0.3, -0.25) is 9.59 Å². The molecule has 0 aromatic carbocycles. The second-order valence-electron chi connectivity index (χ2n) is 5.55. The van der Waals surface area contributed by atoms with Crippen molar-refractivity contribution in [2.45, 2.75) is 38.6 Å². The quantitative estimate of drug-likeness (QED) is 0.694. The van der Waals surface area contributed by atoms with E-state index in [-0.39, 0.29) is 6.04 Å². The van der Waals surface area contributed by atoms with Crippen LogP contribution >= 0.6 is 0 Å². The van der Waals surface area contributed by atoms with Crippen molar-refractivity contribution in [3.63, 3.8) is 0 Å². The predicted molar refractivity (Wildman–Crippen MR) is 66.6 cm³/mol. The van der Waals surface area contributed by atoms with Crippen LogP contribution in [-0.2, 0) is 14.3 Å². The average molecular weight is 254 g/mol. The normalized spacial score (nSPS) is 33.2. The summed E-state index contributed by atoms with van der Waals surface area (Å²) in [6, 6.07) is 0.126. The van der Waals surface area contributed by atoms with Gasteiger partial charge in [-0.05, 0) is 31.6 Å². The highest BCUT2D eigenvalue weighted by molar-refractivity contribution is 6.34. The Morgan fingerprint density at radius 1 is 1.28 bits per heavy atom. The van der Waals surface area contributed by atoms with E-state index in [9.17, 15) is 9.59 Å². The van der Waals surface area contributed by atoms with Crippen LogP contribution in [0.5, 0.6) is 0 Å². The molecule has 3 atom stereocenters. The van der Waals surface area contributed by atoms with Crippen LogP contribution in [0.2, 0.25) is 0 Å². The van der Waals surface area contributed by atoms with Gasteiger partial charge in [0.05, 0.1) is 6.61 Å². The van der Waals surface area contributed by atoms with Gasteiger partial charge in [-0.15, -0.1) is 0 Å². The van der Waals surface area contributed by atoms with Gasteiger partial charge < -0.3 is 15.4 Å². The Kier molecular flexibility index (Phi) is 4.22. The second-order valence-corrected chi connectivity index (χ2v) is 5.55. The Morgan fingerprint density at radius 3 is 2.67 bits per heavy atom. The zero-order valence-corrected chi connectivity index (χ0v) is 10.9. The number of nitrogens with zero attached hydrogens (tertiary/aromatic N) is 1. The molecule has 0 aromatic heterocycles. The number of primary amides is 1. The molecule has 0 spiro atoms. The monoisotopic (exact) mass is 254 g/mol. The number of ether oxygens (including phenoxy) is 1. The zero-order chi connectivity index (χ0) is 13.1. The van der Waals surface area contributed by atoms with Gasteiger partial charge in [-0.25, -0.2) is 0 Å². The van der Waals surface area contributed by atoms with Crippen molar-refractivity contribution in [2.75, 3.05) is 19.8 Å². The lowest BCUT2D eigenvalue weighted by Gasteiger charge is -2.43. The van der Waals surface area contributed by atoms with Gasteiger partial charge in [0, 0.05) is 25.1 Å². The van der Waals surface area contributed by atoms with E-state index in [2.05, 4.69) is 6.92 Å². The summed E-state index contributed by atoms with van der Waals surface area (Å²) in [5.74, 6) is -0.577. The van der Waals surface area contributed by atoms with Crippen molar-refractivity contribution >= 4 is 11.8 Å². The van der Waals surface area contributed by atoms with E-state index in [4.69, 9.17) is 10.5 Å². The Hall–Kier alpha value is -1.10. The van der Waals surface area contributed by atoms with Crippen molar-refractivity contribution in [2.24, 2.45) is 17.6 Å². The lowest BCUT2D eigenvalue weighted by atomic mass is 9.83. The van der Waals surface area contributed by atoms with Crippen LogP contribution in [0, 0.1) is 11.8 Å². The number of hydrogen-bond donors (Lipinski definition) is 1. The molecule has 0 radical (unpaired) electrons. The van der Waals surface area contributed by atoms with Gasteiger partial charge in [-0.1, -0.05) is 6.92 Å². The fourth-order valence-corrected chi connectivity index (χ4v) is 3.11. The Labute approximate surface area is 108 Å². The van der Waals surface area contributed by atoms with Crippen LogP contribution in [0.1, 0.15) is 32.6 Å². The standard InChI is InChI=1S/C13H22N2O3/c1-9-4-5-11(10-3-2-6-18-8-10)15(7-9)13(17)12(14)16/h9-11H,2-8H2,1H3,(H2,14,16)/t9-,10-,11+/m0/s1. The minimum absolute atomic E-state index is 0.126. The predicted octanol–water partition coefficient (Wildman–Crippen LogP) is 0.525. The molecule has 2 saturated heterocycles. The number of nitrogens with two attached hydrogens (primary N) is 1. The van der Waals surface area contributed by atoms with Crippen molar-refractivity contribution < 1.29 is 14.3 Å². The smallest absolute Gasteiger partial charge is 0.311 e. The van der Waals surface area contributed by atoms with E-state index < -0.39 is 11.8 Å². The van der Waals surface area contributed by atoms with Crippen LogP contribution in [0.3, 0.4) is 0 Å². The first-order valence-corrected chi connectivity index (χ1v) is 6.77. The molecule has 5 nitrogen and oxygen atoms in total. The molecule has 2 heterocycles. The Bertz CT molecular complexity index is 326. The fourth-order valence-electron chi connectivity index (χ4n) is 3.11. The maximum Gasteiger partial charge on any atom is 0.311 e. The summed E-state index contributed by atoms with van der Waals surface area (Å²) in [7, 11) is 0. The summed E-state index contributed by atoms with van der Waals surface area (Å²) >= 11 is 0. The van der Waals surface area contributed by atoms with Gasteiger partial charge in [0.2, 0.25) is 0 Å². The number of rotatable bonds is 1. The first-order chi connectivity index (χ1) is 8.59. The van der Waals surface area contributed by atoms with E-state index in [1.165, 1.54) is 0 Å². The minimum atomic E-state index is -0.842. The molecule has 2 fully saturated rings. The molecule has 5 heteroatoms. The van der Waals surface area contributed by atoms with Crippen LogP contribution in [0.4, 0.5) is 0 Å². The largest absolute Gasteiger partial charge is 0.381 e. The summed E-state index contributed by atoms with van der Waals surface area (Å²) in [4.78, 5) is 24.7. The highest BCUT2D eigenvalue weighted by atomic mass is 16.5. The highest BCUT2D eigenvalue weighted by Gasteiger charge is 2.37. The average Bonchev–Trinajstić information content (AvgIpc) is 2.38. The van der Waals surface area contributed by atoms with E-state index in [1.54, 1.807) is 4.90 Å². The summed E-state index contributed by atoms with van der Waals surface area (Å²) in [6.45, 7) is 4.25. The molecule has 102 valence electrons. The SMILES string of the molecule is C[C@H]1CC[C@H]([C@H]2CCCOC2)N(C(=O)C(N)=O)C1. The first kappa shape index (κ1) is 13.3. The summed E-state index contributed by atoms with van der Waals surface area (Å²) in [5.41, 5.74) is 5.14. The zero-order valence-electron chi connectivity index (χ0n) is 10.9. The number of hydrogen-bond acceptors (Lipinski definition) is 3. The van der Waals surface area contributed by atoms with E-state index in [1.807, 2.05) is 0 Å². The third-order valence-corrected chi connectivity index (χ3v) is 4.08. The van der Waals surface area contributed by atoms with Crippen LogP contribution < -0.4 is 5.73 Å². The van der Waals surface area contributed by atoms with Crippen molar-refractivity contribution in [3.8, 4) is 0 Å². The van der Waals surface area contributed by atoms with Gasteiger partial charge in [0.15, 0.2) is 0 Å². The summed E-state index contributed by atoms with van der Waals surface area (Å²) in [5, 5.41) is 0. The Morgan fingerprint density at radius 2 is 2.06 bits per heavy atom. The van der Waals surface area contributed by atoms with E-state index in [0.717, 1.165) is 32.3 Å². The molecule has 2 rings (SSSR count). The van der Waals surface area contributed by atoms with E-state index in [0.29, 0.717) is 25.0 Å². The molecular weight excluding hydrogens is 232 g/mol. The van der Waals surface area contributed by atoms with Crippen molar-refractivity contribution in [3.05, 3.63) is 0 Å². The van der Waals surface area contributed by atoms with Gasteiger partial charge in [0.25, 0.3) is 0 Å². The molecule has 0 unspecified atom stereocenters. The van der Waals surface area contributed by atoms with Gasteiger partial charge >= 0.3 is 11.8 Å². The molecule has 0 saturated carbocycles. The minimum Gasteiger partial charge on any atom is -0.381 e. The molecule has 0 aliphatic carbocycles. The molecule has 2 N–H and O–H groups in total. The number of carbonyl (C=O) groups excluding carboxylic acids is 2. The summed E-state index contributed by atoms with van der Waals surface area (Å²) in [6.07, 6.45) is 4.16. The number of piperidine rings is 1. The fraction of sp³-hybridized carbons (Fsp3) is 0.846.